The van der Waals surface area contributed by atoms with Gasteiger partial charge >= 0.3 is 12.1 Å². The number of sulfonamides is 1. The number of benzene rings is 1. The molecular weight excluding hydrogens is 598 g/mol. The molecule has 1 aromatic carbocycles. The molecule has 218 valence electrons. The zero-order valence-corrected chi connectivity index (χ0v) is 24.2. The molecule has 6 rings (SSSR count). The van der Waals surface area contributed by atoms with E-state index in [9.17, 15) is 26.4 Å². The van der Waals surface area contributed by atoms with Crippen molar-refractivity contribution in [3.8, 4) is 10.7 Å². The smallest absolute Gasteiger partial charge is 0.454 e. The number of aromatic nitrogens is 2. The number of ether oxygens (including phenoxy) is 1. The van der Waals surface area contributed by atoms with Gasteiger partial charge in [0.05, 0.1) is 16.9 Å². The summed E-state index contributed by atoms with van der Waals surface area (Å²) in [5, 5.41) is 3.34. The number of H-pyrrole nitrogens is 1. The summed E-state index contributed by atoms with van der Waals surface area (Å²) in [4.78, 5) is 22.1. The van der Waals surface area contributed by atoms with Gasteiger partial charge in [-0.05, 0) is 61.7 Å². The lowest BCUT2D eigenvalue weighted by atomic mass is 10.1. The van der Waals surface area contributed by atoms with Crippen LogP contribution in [0.25, 0.3) is 21.6 Å². The van der Waals surface area contributed by atoms with Crippen molar-refractivity contribution in [1.82, 2.24) is 14.9 Å². The summed E-state index contributed by atoms with van der Waals surface area (Å²) < 4.78 is 71.6. The molecule has 0 radical (unpaired) electrons. The number of piperidine rings is 1. The highest BCUT2D eigenvalue weighted by atomic mass is 32.2. The molecule has 41 heavy (non-hydrogen) atoms. The van der Waals surface area contributed by atoms with E-state index < -0.39 is 28.3 Å². The molecule has 2 fully saturated rings. The van der Waals surface area contributed by atoms with E-state index in [1.54, 1.807) is 23.7 Å². The number of para-hydroxylation sites is 1. The van der Waals surface area contributed by atoms with E-state index in [1.165, 1.54) is 27.0 Å². The van der Waals surface area contributed by atoms with Crippen molar-refractivity contribution < 1.29 is 31.1 Å². The quantitative estimate of drug-likeness (QED) is 0.229. The number of likely N-dealkylation sites (tertiary alicyclic amines) is 1. The van der Waals surface area contributed by atoms with Gasteiger partial charge in [0.15, 0.2) is 0 Å². The minimum absolute atomic E-state index is 0.223. The van der Waals surface area contributed by atoms with Gasteiger partial charge in [0.2, 0.25) is 0 Å². The predicted octanol–water partition coefficient (Wildman–Crippen LogP) is 6.03. The molecule has 0 bridgehead atoms. The molecule has 4 heterocycles. The summed E-state index contributed by atoms with van der Waals surface area (Å²) in [5.74, 6) is -1.82. The molecule has 1 N–H and O–H groups in total. The molecule has 1 saturated carbocycles. The lowest BCUT2D eigenvalue weighted by Crippen LogP contribution is -2.42. The van der Waals surface area contributed by atoms with Crippen LogP contribution < -0.4 is 4.31 Å². The van der Waals surface area contributed by atoms with Crippen molar-refractivity contribution in [3.63, 3.8) is 0 Å². The number of thiazole rings is 1. The number of esters is 1. The molecule has 0 amide bonds. The SMILES string of the molecule is O=C(OC1CCCN(Cc2cnc(-c3cc4cccc(N(CC5CC5)S(=O)(=O)c5cccs5)c4[nH]3)s2)C1)C(F)(F)F. The van der Waals surface area contributed by atoms with E-state index in [-0.39, 0.29) is 6.54 Å². The van der Waals surface area contributed by atoms with Crippen LogP contribution in [-0.2, 0) is 26.1 Å². The second-order valence-corrected chi connectivity index (χ2v) is 14.5. The van der Waals surface area contributed by atoms with Gasteiger partial charge in [0, 0.05) is 36.1 Å². The number of nitrogens with one attached hydrogen (secondary N) is 1. The molecule has 14 heteroatoms. The van der Waals surface area contributed by atoms with Crippen LogP contribution in [0.1, 0.15) is 30.6 Å². The van der Waals surface area contributed by atoms with Gasteiger partial charge in [0.1, 0.15) is 15.3 Å². The molecular formula is C27H27F3N4O4S3. The van der Waals surface area contributed by atoms with Crippen molar-refractivity contribution in [2.75, 3.05) is 23.9 Å². The number of thiophene rings is 1. The van der Waals surface area contributed by atoms with Crippen LogP contribution in [0, 0.1) is 5.92 Å². The van der Waals surface area contributed by atoms with Crippen LogP contribution in [0.15, 0.2) is 52.2 Å². The molecule has 3 aromatic heterocycles. The number of hydrogen-bond donors (Lipinski definition) is 1. The van der Waals surface area contributed by atoms with E-state index >= 15 is 0 Å². The highest BCUT2D eigenvalue weighted by Gasteiger charge is 2.42. The Balaban J connectivity index is 1.22. The Kier molecular flexibility index (Phi) is 7.59. The largest absolute Gasteiger partial charge is 0.490 e. The van der Waals surface area contributed by atoms with E-state index in [0.717, 1.165) is 28.8 Å². The fourth-order valence-corrected chi connectivity index (χ4v) is 8.62. The number of anilines is 1. The first kappa shape index (κ1) is 28.2. The first-order chi connectivity index (χ1) is 19.6. The Morgan fingerprint density at radius 3 is 2.76 bits per heavy atom. The van der Waals surface area contributed by atoms with Crippen molar-refractivity contribution >= 4 is 55.3 Å². The fourth-order valence-electron chi connectivity index (χ4n) is 5.04. The van der Waals surface area contributed by atoms with Crippen molar-refractivity contribution in [2.24, 2.45) is 5.92 Å². The normalized spacial score (nSPS) is 18.6. The molecule has 1 aliphatic carbocycles. The summed E-state index contributed by atoms with van der Waals surface area (Å²) in [6.45, 7) is 1.79. The van der Waals surface area contributed by atoms with Crippen LogP contribution in [0.4, 0.5) is 18.9 Å². The zero-order valence-electron chi connectivity index (χ0n) is 21.8. The molecule has 0 spiro atoms. The third kappa shape index (κ3) is 6.15. The maximum absolute atomic E-state index is 13.6. The lowest BCUT2D eigenvalue weighted by Gasteiger charge is -2.31. The lowest BCUT2D eigenvalue weighted by molar-refractivity contribution is -0.206. The maximum atomic E-state index is 13.6. The van der Waals surface area contributed by atoms with E-state index in [2.05, 4.69) is 14.7 Å². The highest BCUT2D eigenvalue weighted by molar-refractivity contribution is 7.94. The minimum Gasteiger partial charge on any atom is -0.454 e. The summed E-state index contributed by atoms with van der Waals surface area (Å²) in [6.07, 6.45) is -1.04. The standard InChI is InChI=1S/C27H27F3N4O4S3/c28-27(29,30)26(35)38-19-5-2-10-33(15-19)16-20-13-31-25(40-20)21-12-18-4-1-6-22(24(18)32-21)34(14-17-8-9-17)41(36,37)23-7-3-11-39-23/h1,3-4,6-7,11-13,17,19,32H,2,5,8-10,14-16H2. The van der Waals surface area contributed by atoms with Gasteiger partial charge in [-0.15, -0.1) is 22.7 Å². The van der Waals surface area contributed by atoms with Gasteiger partial charge in [-0.25, -0.2) is 18.2 Å². The monoisotopic (exact) mass is 624 g/mol. The Morgan fingerprint density at radius 2 is 2.02 bits per heavy atom. The molecule has 1 aliphatic heterocycles. The summed E-state index contributed by atoms with van der Waals surface area (Å²) >= 11 is 2.65. The van der Waals surface area contributed by atoms with Gasteiger partial charge in [-0.1, -0.05) is 18.2 Å². The molecule has 8 nitrogen and oxygen atoms in total. The second-order valence-electron chi connectivity index (χ2n) is 10.4. The first-order valence-electron chi connectivity index (χ1n) is 13.2. The fraction of sp³-hybridized carbons (Fsp3) is 0.407. The van der Waals surface area contributed by atoms with Crippen LogP contribution in [0.3, 0.4) is 0 Å². The molecule has 2 aliphatic rings. The number of nitrogens with zero attached hydrogens (tertiary/aromatic N) is 3. The van der Waals surface area contributed by atoms with Crippen LogP contribution >= 0.6 is 22.7 Å². The second kappa shape index (κ2) is 11.0. The van der Waals surface area contributed by atoms with Crippen molar-refractivity contribution in [1.29, 1.82) is 0 Å². The summed E-state index contributed by atoms with van der Waals surface area (Å²) in [5.41, 5.74) is 2.06. The minimum atomic E-state index is -5.00. The Morgan fingerprint density at radius 1 is 1.20 bits per heavy atom. The van der Waals surface area contributed by atoms with E-state index in [0.29, 0.717) is 58.8 Å². The average Bonchev–Trinajstić information content (AvgIpc) is 3.30. The number of fused-ring (bicyclic) bond motifs is 1. The van der Waals surface area contributed by atoms with Crippen LogP contribution in [-0.4, -0.2) is 61.2 Å². The number of rotatable bonds is 9. The summed E-state index contributed by atoms with van der Waals surface area (Å²) in [7, 11) is -3.73. The Labute approximate surface area is 242 Å². The van der Waals surface area contributed by atoms with Crippen molar-refractivity contribution in [3.05, 3.63) is 52.9 Å². The van der Waals surface area contributed by atoms with E-state index in [4.69, 9.17) is 0 Å². The number of alkyl halides is 3. The Bertz CT molecular complexity index is 1650. The topological polar surface area (TPSA) is 95.6 Å². The molecule has 4 aromatic rings. The van der Waals surface area contributed by atoms with Gasteiger partial charge < -0.3 is 9.72 Å². The van der Waals surface area contributed by atoms with Gasteiger partial charge in [-0.3, -0.25) is 9.21 Å². The number of carbonyl (C=O) groups excluding carboxylic acids is 1. The average molecular weight is 625 g/mol. The summed E-state index contributed by atoms with van der Waals surface area (Å²) in [6, 6.07) is 10.9. The third-order valence-corrected chi connectivity index (χ3v) is 11.4. The zero-order chi connectivity index (χ0) is 28.8. The maximum Gasteiger partial charge on any atom is 0.490 e. The van der Waals surface area contributed by atoms with E-state index in [1.807, 2.05) is 29.2 Å². The van der Waals surface area contributed by atoms with Crippen LogP contribution in [0.2, 0.25) is 0 Å². The molecule has 1 saturated heterocycles. The Hall–Kier alpha value is -2.94. The number of halogens is 3. The van der Waals surface area contributed by atoms with Gasteiger partial charge in [0.25, 0.3) is 10.0 Å². The predicted molar refractivity (Wildman–Crippen MR) is 151 cm³/mol. The molecule has 1 atom stereocenters. The van der Waals surface area contributed by atoms with Crippen molar-refractivity contribution in [2.45, 2.75) is 48.7 Å². The number of hydrogen-bond acceptors (Lipinski definition) is 8. The molecule has 1 unspecified atom stereocenters. The highest BCUT2D eigenvalue weighted by Crippen LogP contribution is 2.39. The van der Waals surface area contributed by atoms with Gasteiger partial charge in [-0.2, -0.15) is 13.2 Å². The number of carbonyl (C=O) groups is 1. The third-order valence-electron chi connectivity index (χ3n) is 7.19. The first-order valence-corrected chi connectivity index (χ1v) is 16.3. The number of aromatic amines is 1. The van der Waals surface area contributed by atoms with Crippen LogP contribution in [0.5, 0.6) is 0 Å².